The third kappa shape index (κ3) is 2.93. The van der Waals surface area contributed by atoms with Crippen LogP contribution in [0.3, 0.4) is 0 Å². The van der Waals surface area contributed by atoms with Crippen LogP contribution >= 0.6 is 0 Å². The van der Waals surface area contributed by atoms with Gasteiger partial charge in [0.1, 0.15) is 11.4 Å². The number of rotatable bonds is 3. The van der Waals surface area contributed by atoms with Crippen LogP contribution in [-0.2, 0) is 0 Å². The van der Waals surface area contributed by atoms with Gasteiger partial charge >= 0.3 is 0 Å². The van der Waals surface area contributed by atoms with E-state index in [1.165, 1.54) is 0 Å². The largest absolute Gasteiger partial charge is 0.508 e. The van der Waals surface area contributed by atoms with Crippen molar-refractivity contribution in [1.29, 1.82) is 0 Å². The second-order valence-corrected chi connectivity index (χ2v) is 6.68. The van der Waals surface area contributed by atoms with Gasteiger partial charge in [0.15, 0.2) is 5.76 Å². The summed E-state index contributed by atoms with van der Waals surface area (Å²) >= 11 is 0. The minimum absolute atomic E-state index is 0.258. The first-order valence-electron chi connectivity index (χ1n) is 9.13. The molecular weight excluding hydrogens is 346 g/mol. The molecule has 4 aromatic carbocycles. The average molecular weight is 363 g/mol. The standard InChI is InChI=1S/C25H17NO2/c27-22-14-13-19-15-21(12-11-20(19)16-22)25-26-23(17-7-3-1-4-8-17)24(28-25)18-9-5-2-6-10-18/h1-16,27H. The number of oxazole rings is 1. The zero-order valence-electron chi connectivity index (χ0n) is 15.0. The molecule has 0 atom stereocenters. The third-order valence-corrected chi connectivity index (χ3v) is 4.78. The Kier molecular flexibility index (Phi) is 3.91. The van der Waals surface area contributed by atoms with Crippen molar-refractivity contribution in [1.82, 2.24) is 4.98 Å². The maximum Gasteiger partial charge on any atom is 0.227 e. The van der Waals surface area contributed by atoms with Gasteiger partial charge in [0.25, 0.3) is 0 Å². The molecule has 3 heteroatoms. The van der Waals surface area contributed by atoms with E-state index in [-0.39, 0.29) is 5.75 Å². The Morgan fingerprint density at radius 1 is 0.607 bits per heavy atom. The Hall–Kier alpha value is -3.85. The lowest BCUT2D eigenvalue weighted by molar-refractivity contribution is 0.476. The summed E-state index contributed by atoms with van der Waals surface area (Å²) < 4.78 is 6.25. The van der Waals surface area contributed by atoms with Crippen LogP contribution in [0.25, 0.3) is 44.8 Å². The maximum atomic E-state index is 9.68. The van der Waals surface area contributed by atoms with E-state index in [4.69, 9.17) is 9.40 Å². The normalized spacial score (nSPS) is 11.0. The van der Waals surface area contributed by atoms with Gasteiger partial charge in [0.05, 0.1) is 0 Å². The van der Waals surface area contributed by atoms with Crippen LogP contribution in [0.1, 0.15) is 0 Å². The molecule has 0 saturated heterocycles. The van der Waals surface area contributed by atoms with Crippen molar-refractivity contribution < 1.29 is 9.52 Å². The minimum Gasteiger partial charge on any atom is -0.508 e. The topological polar surface area (TPSA) is 46.3 Å². The van der Waals surface area contributed by atoms with Crippen molar-refractivity contribution in [2.45, 2.75) is 0 Å². The highest BCUT2D eigenvalue weighted by atomic mass is 16.4. The van der Waals surface area contributed by atoms with Crippen LogP contribution in [0.2, 0.25) is 0 Å². The van der Waals surface area contributed by atoms with Gasteiger partial charge in [0, 0.05) is 16.7 Å². The van der Waals surface area contributed by atoms with Crippen LogP contribution < -0.4 is 0 Å². The van der Waals surface area contributed by atoms with E-state index < -0.39 is 0 Å². The number of aromatic hydroxyl groups is 1. The Balaban J connectivity index is 1.69. The SMILES string of the molecule is Oc1ccc2cc(-c3nc(-c4ccccc4)c(-c4ccccc4)o3)ccc2c1. The first-order valence-corrected chi connectivity index (χ1v) is 9.13. The quantitative estimate of drug-likeness (QED) is 0.396. The first-order chi connectivity index (χ1) is 13.8. The molecule has 0 spiro atoms. The molecule has 0 aliphatic carbocycles. The molecule has 28 heavy (non-hydrogen) atoms. The highest BCUT2D eigenvalue weighted by molar-refractivity contribution is 5.88. The average Bonchev–Trinajstić information content (AvgIpc) is 3.20. The smallest absolute Gasteiger partial charge is 0.227 e. The van der Waals surface area contributed by atoms with Crippen LogP contribution in [-0.4, -0.2) is 10.1 Å². The summed E-state index contributed by atoms with van der Waals surface area (Å²) in [6, 6.07) is 31.4. The second-order valence-electron chi connectivity index (χ2n) is 6.68. The molecule has 5 aromatic rings. The second kappa shape index (κ2) is 6.71. The van der Waals surface area contributed by atoms with Gasteiger partial charge in [-0.15, -0.1) is 0 Å². The molecule has 1 aromatic heterocycles. The zero-order valence-corrected chi connectivity index (χ0v) is 15.0. The van der Waals surface area contributed by atoms with Crippen molar-refractivity contribution in [3.05, 3.63) is 97.1 Å². The molecule has 0 saturated carbocycles. The summed E-state index contributed by atoms with van der Waals surface area (Å²) in [4.78, 5) is 4.84. The molecule has 0 amide bonds. The molecule has 1 heterocycles. The lowest BCUT2D eigenvalue weighted by Gasteiger charge is -2.01. The van der Waals surface area contributed by atoms with Crippen LogP contribution in [0.5, 0.6) is 5.75 Å². The van der Waals surface area contributed by atoms with E-state index in [1.54, 1.807) is 12.1 Å². The molecule has 0 aliphatic heterocycles. The third-order valence-electron chi connectivity index (χ3n) is 4.78. The van der Waals surface area contributed by atoms with Crippen LogP contribution in [0.4, 0.5) is 0 Å². The fourth-order valence-corrected chi connectivity index (χ4v) is 3.39. The van der Waals surface area contributed by atoms with Crippen molar-refractivity contribution in [2.24, 2.45) is 0 Å². The summed E-state index contributed by atoms with van der Waals surface area (Å²) in [6.45, 7) is 0. The van der Waals surface area contributed by atoms with E-state index in [1.807, 2.05) is 84.9 Å². The van der Waals surface area contributed by atoms with Gasteiger partial charge in [-0.25, -0.2) is 4.98 Å². The summed E-state index contributed by atoms with van der Waals surface area (Å²) in [5.74, 6) is 1.59. The van der Waals surface area contributed by atoms with E-state index >= 15 is 0 Å². The maximum absolute atomic E-state index is 9.68. The van der Waals surface area contributed by atoms with Crippen LogP contribution in [0, 0.1) is 0 Å². The highest BCUT2D eigenvalue weighted by Gasteiger charge is 2.18. The summed E-state index contributed by atoms with van der Waals surface area (Å²) in [7, 11) is 0. The molecule has 0 radical (unpaired) electrons. The minimum atomic E-state index is 0.258. The number of benzene rings is 4. The van der Waals surface area contributed by atoms with Gasteiger partial charge < -0.3 is 9.52 Å². The number of phenolic OH excluding ortho intramolecular Hbond substituents is 1. The van der Waals surface area contributed by atoms with Gasteiger partial charge in [-0.1, -0.05) is 72.8 Å². The zero-order chi connectivity index (χ0) is 18.9. The van der Waals surface area contributed by atoms with Gasteiger partial charge in [-0.05, 0) is 35.0 Å². The van der Waals surface area contributed by atoms with E-state index in [0.29, 0.717) is 5.89 Å². The Morgan fingerprint density at radius 3 is 2.00 bits per heavy atom. The molecule has 0 fully saturated rings. The summed E-state index contributed by atoms with van der Waals surface area (Å²) in [6.07, 6.45) is 0. The number of fused-ring (bicyclic) bond motifs is 1. The number of nitrogens with zero attached hydrogens (tertiary/aromatic N) is 1. The number of phenols is 1. The molecule has 1 N–H and O–H groups in total. The predicted octanol–water partition coefficient (Wildman–Crippen LogP) is 6.53. The Morgan fingerprint density at radius 2 is 1.25 bits per heavy atom. The van der Waals surface area contributed by atoms with E-state index in [2.05, 4.69) is 0 Å². The van der Waals surface area contributed by atoms with Crippen molar-refractivity contribution in [2.75, 3.05) is 0 Å². The number of hydrogen-bond donors (Lipinski definition) is 1. The Bertz CT molecular complexity index is 1200. The first kappa shape index (κ1) is 16.3. The monoisotopic (exact) mass is 363 g/mol. The lowest BCUT2D eigenvalue weighted by Crippen LogP contribution is -1.82. The Labute approximate surface area is 162 Å². The van der Waals surface area contributed by atoms with Crippen LogP contribution in [0.15, 0.2) is 101 Å². The summed E-state index contributed by atoms with van der Waals surface area (Å²) in [5, 5.41) is 11.7. The fourth-order valence-electron chi connectivity index (χ4n) is 3.39. The van der Waals surface area contributed by atoms with E-state index in [9.17, 15) is 5.11 Å². The van der Waals surface area contributed by atoms with Gasteiger partial charge in [0.2, 0.25) is 5.89 Å². The molecule has 0 aliphatic rings. The fraction of sp³-hybridized carbons (Fsp3) is 0. The highest BCUT2D eigenvalue weighted by Crippen LogP contribution is 2.36. The molecular formula is C25H17NO2. The molecule has 0 unspecified atom stereocenters. The number of hydrogen-bond acceptors (Lipinski definition) is 3. The van der Waals surface area contributed by atoms with Crippen molar-refractivity contribution in [3.8, 4) is 39.8 Å². The lowest BCUT2D eigenvalue weighted by atomic mass is 10.1. The number of aromatic nitrogens is 1. The van der Waals surface area contributed by atoms with Crippen molar-refractivity contribution >= 4 is 10.8 Å². The van der Waals surface area contributed by atoms with Gasteiger partial charge in [-0.2, -0.15) is 0 Å². The van der Waals surface area contributed by atoms with Gasteiger partial charge in [-0.3, -0.25) is 0 Å². The molecule has 0 bridgehead atoms. The summed E-state index contributed by atoms with van der Waals surface area (Å²) in [5.41, 5.74) is 3.73. The van der Waals surface area contributed by atoms with E-state index in [0.717, 1.165) is 38.9 Å². The molecule has 3 nitrogen and oxygen atoms in total. The molecule has 134 valence electrons. The molecule has 5 rings (SSSR count). The van der Waals surface area contributed by atoms with Crippen molar-refractivity contribution in [3.63, 3.8) is 0 Å². The predicted molar refractivity (Wildman–Crippen MR) is 112 cm³/mol.